The lowest BCUT2D eigenvalue weighted by Gasteiger charge is -2.17. The van der Waals surface area contributed by atoms with Crippen LogP contribution in [0.5, 0.6) is 11.5 Å². The Bertz CT molecular complexity index is 627. The molecule has 0 bridgehead atoms. The smallest absolute Gasteiger partial charge is 0.307 e. The van der Waals surface area contributed by atoms with Crippen LogP contribution in [-0.2, 0) is 21.2 Å². The fourth-order valence-electron chi connectivity index (χ4n) is 1.75. The lowest BCUT2D eigenvalue weighted by molar-refractivity contribution is -0.136. The Balaban J connectivity index is 3.49. The van der Waals surface area contributed by atoms with Gasteiger partial charge in [-0.15, -0.1) is 4.83 Å². The highest BCUT2D eigenvalue weighted by Crippen LogP contribution is 2.35. The molecule has 0 saturated carbocycles. The first kappa shape index (κ1) is 17.2. The molecule has 0 aromatic heterocycles. The van der Waals surface area contributed by atoms with Crippen LogP contribution in [0.3, 0.4) is 0 Å². The van der Waals surface area contributed by atoms with Gasteiger partial charge in [-0.3, -0.25) is 4.79 Å². The summed E-state index contributed by atoms with van der Waals surface area (Å²) in [5.41, 5.74) is 0.291. The number of aliphatic carboxylic acids is 1. The minimum Gasteiger partial charge on any atom is -0.493 e. The summed E-state index contributed by atoms with van der Waals surface area (Å²) < 4.78 is 34.7. The molecule has 8 nitrogen and oxygen atoms in total. The molecule has 0 spiro atoms. The van der Waals surface area contributed by atoms with E-state index in [9.17, 15) is 13.2 Å². The highest BCUT2D eigenvalue weighted by atomic mass is 32.2. The van der Waals surface area contributed by atoms with Gasteiger partial charge in [-0.1, -0.05) is 0 Å². The van der Waals surface area contributed by atoms with Crippen molar-refractivity contribution in [3.8, 4) is 11.5 Å². The summed E-state index contributed by atoms with van der Waals surface area (Å²) in [6, 6.07) is 2.68. The molecule has 2 N–H and O–H groups in total. The fourth-order valence-corrected chi connectivity index (χ4v) is 3.06. The van der Waals surface area contributed by atoms with Gasteiger partial charge in [0.2, 0.25) is 0 Å². The van der Waals surface area contributed by atoms with Crippen LogP contribution in [0.2, 0.25) is 0 Å². The molecule has 0 radical (unpaired) electrons. The molecule has 9 heteroatoms. The van der Waals surface area contributed by atoms with Gasteiger partial charge in [0.15, 0.2) is 11.5 Å². The topological polar surface area (TPSA) is 105 Å². The van der Waals surface area contributed by atoms with E-state index < -0.39 is 16.0 Å². The predicted octanol–water partition coefficient (Wildman–Crippen LogP) is 0.0858. The molecule has 0 fully saturated rings. The second-order valence-electron chi connectivity index (χ2n) is 4.39. The summed E-state index contributed by atoms with van der Waals surface area (Å²) in [5, 5.41) is 10.1. The number of methoxy groups -OCH3 is 2. The third kappa shape index (κ3) is 4.31. The van der Waals surface area contributed by atoms with Crippen molar-refractivity contribution >= 4 is 16.0 Å². The number of hydrogen-bond acceptors (Lipinski definition) is 6. The number of ether oxygens (including phenoxy) is 2. The number of nitrogens with one attached hydrogen (secondary N) is 1. The number of carboxylic acid groups (broad SMARTS) is 1. The van der Waals surface area contributed by atoms with E-state index >= 15 is 0 Å². The van der Waals surface area contributed by atoms with Gasteiger partial charge in [-0.05, 0) is 17.7 Å². The number of nitrogens with zero attached hydrogens (tertiary/aromatic N) is 1. The van der Waals surface area contributed by atoms with E-state index in [4.69, 9.17) is 14.6 Å². The third-order valence-electron chi connectivity index (χ3n) is 2.45. The third-order valence-corrected chi connectivity index (χ3v) is 3.94. The largest absolute Gasteiger partial charge is 0.493 e. The van der Waals surface area contributed by atoms with E-state index in [1.807, 2.05) is 0 Å². The van der Waals surface area contributed by atoms with Crippen molar-refractivity contribution in [1.29, 1.82) is 0 Å². The highest BCUT2D eigenvalue weighted by molar-refractivity contribution is 7.89. The highest BCUT2D eigenvalue weighted by Gasteiger charge is 2.25. The van der Waals surface area contributed by atoms with Gasteiger partial charge < -0.3 is 14.6 Å². The summed E-state index contributed by atoms with van der Waals surface area (Å²) in [5.74, 6) is -0.914. The number of sulfonamides is 1. The van der Waals surface area contributed by atoms with Crippen molar-refractivity contribution < 1.29 is 27.8 Å². The maximum absolute atomic E-state index is 12.3. The Kier molecular flexibility index (Phi) is 5.53. The summed E-state index contributed by atoms with van der Waals surface area (Å²) in [7, 11) is 1.77. The Morgan fingerprint density at radius 3 is 2.33 bits per heavy atom. The van der Waals surface area contributed by atoms with Gasteiger partial charge in [0, 0.05) is 14.1 Å². The predicted molar refractivity (Wildman–Crippen MR) is 74.9 cm³/mol. The molecule has 0 aliphatic heterocycles. The normalized spacial score (nSPS) is 11.5. The first-order valence-corrected chi connectivity index (χ1v) is 7.36. The van der Waals surface area contributed by atoms with Gasteiger partial charge in [0.1, 0.15) is 4.90 Å². The molecule has 0 aliphatic carbocycles. The molecule has 21 heavy (non-hydrogen) atoms. The Morgan fingerprint density at radius 2 is 1.90 bits per heavy atom. The summed E-state index contributed by atoms with van der Waals surface area (Å²) in [4.78, 5) is 12.9. The molecule has 1 aromatic carbocycles. The van der Waals surface area contributed by atoms with Crippen molar-refractivity contribution in [3.63, 3.8) is 0 Å². The van der Waals surface area contributed by atoms with Gasteiger partial charge in [-0.25, -0.2) is 13.4 Å². The van der Waals surface area contributed by atoms with Crippen LogP contribution >= 0.6 is 0 Å². The molecule has 0 heterocycles. The number of hydrogen-bond donors (Lipinski definition) is 2. The Labute approximate surface area is 123 Å². The lowest BCUT2D eigenvalue weighted by Crippen LogP contribution is -2.36. The number of benzene rings is 1. The van der Waals surface area contributed by atoms with E-state index in [2.05, 4.69) is 4.83 Å². The minimum absolute atomic E-state index is 0.0148. The lowest BCUT2D eigenvalue weighted by atomic mass is 10.1. The summed E-state index contributed by atoms with van der Waals surface area (Å²) in [6.45, 7) is 0. The van der Waals surface area contributed by atoms with Crippen LogP contribution < -0.4 is 14.3 Å². The zero-order chi connectivity index (χ0) is 16.2. The van der Waals surface area contributed by atoms with Crippen LogP contribution in [0.1, 0.15) is 5.56 Å². The minimum atomic E-state index is -3.92. The van der Waals surface area contributed by atoms with E-state index in [1.54, 1.807) is 0 Å². The molecule has 0 atom stereocenters. The average molecular weight is 318 g/mol. The van der Waals surface area contributed by atoms with E-state index in [0.29, 0.717) is 5.56 Å². The van der Waals surface area contributed by atoms with Crippen LogP contribution in [0.4, 0.5) is 0 Å². The fraction of sp³-hybridized carbons (Fsp3) is 0.417. The van der Waals surface area contributed by atoms with Crippen molar-refractivity contribution in [2.45, 2.75) is 11.3 Å². The second kappa shape index (κ2) is 6.74. The zero-order valence-electron chi connectivity index (χ0n) is 12.2. The van der Waals surface area contributed by atoms with Gasteiger partial charge in [0.05, 0.1) is 20.6 Å². The number of hydrazine groups is 1. The first-order valence-electron chi connectivity index (χ1n) is 5.87. The first-order chi connectivity index (χ1) is 9.71. The summed E-state index contributed by atoms with van der Waals surface area (Å²) in [6.07, 6.45) is -0.329. The summed E-state index contributed by atoms with van der Waals surface area (Å²) >= 11 is 0. The quantitative estimate of drug-likeness (QED) is 0.686. The van der Waals surface area contributed by atoms with E-state index in [0.717, 1.165) is 0 Å². The number of rotatable bonds is 7. The molecule has 0 saturated heterocycles. The second-order valence-corrected chi connectivity index (χ2v) is 6.02. The van der Waals surface area contributed by atoms with Crippen LogP contribution in [-0.4, -0.2) is 52.8 Å². The number of carboxylic acids is 1. The maximum atomic E-state index is 12.3. The van der Waals surface area contributed by atoms with Crippen LogP contribution in [0.25, 0.3) is 0 Å². The standard InChI is InChI=1S/C12H18N2O6S/c1-14(2)13-21(17,18)10-6-8(7-11(15)16)5-9(19-3)12(10)20-4/h5-6,13H,7H2,1-4H3,(H,15,16). The molecular weight excluding hydrogens is 300 g/mol. The van der Waals surface area contributed by atoms with E-state index in [-0.39, 0.29) is 22.8 Å². The molecule has 118 valence electrons. The zero-order valence-corrected chi connectivity index (χ0v) is 13.0. The number of carbonyl (C=O) groups is 1. The Hall–Kier alpha value is -1.84. The monoisotopic (exact) mass is 318 g/mol. The molecular formula is C12H18N2O6S. The van der Waals surface area contributed by atoms with Crippen LogP contribution in [0, 0.1) is 0 Å². The van der Waals surface area contributed by atoms with Gasteiger partial charge in [-0.2, -0.15) is 0 Å². The SMILES string of the molecule is COc1cc(CC(=O)O)cc(S(=O)(=O)NN(C)C)c1OC. The van der Waals surface area contributed by atoms with E-state index in [1.165, 1.54) is 45.5 Å². The molecule has 0 aliphatic rings. The van der Waals surface area contributed by atoms with Crippen molar-refractivity contribution in [3.05, 3.63) is 17.7 Å². The van der Waals surface area contributed by atoms with Gasteiger partial charge in [0.25, 0.3) is 10.0 Å². The van der Waals surface area contributed by atoms with Crippen molar-refractivity contribution in [2.75, 3.05) is 28.3 Å². The molecule has 1 aromatic rings. The van der Waals surface area contributed by atoms with Crippen molar-refractivity contribution in [2.24, 2.45) is 0 Å². The molecule has 1 rings (SSSR count). The molecule has 0 unspecified atom stereocenters. The molecule has 0 amide bonds. The maximum Gasteiger partial charge on any atom is 0.307 e. The average Bonchev–Trinajstić information content (AvgIpc) is 2.35. The van der Waals surface area contributed by atoms with Gasteiger partial charge >= 0.3 is 5.97 Å². The Morgan fingerprint density at radius 1 is 1.29 bits per heavy atom. The van der Waals surface area contributed by atoms with Crippen LogP contribution in [0.15, 0.2) is 17.0 Å². The van der Waals surface area contributed by atoms with Crippen molar-refractivity contribution in [1.82, 2.24) is 9.84 Å².